The summed E-state index contributed by atoms with van der Waals surface area (Å²) in [5, 5.41) is 3.89. The SMILES string of the molecule is CCOc1c(/C(C)=C/C(=O)NCc2cccc(OC)c2)cc2c(-c3ccccc3OC)coc2c1C. The molecule has 1 aromatic heterocycles. The number of hydrogen-bond acceptors (Lipinski definition) is 5. The van der Waals surface area contributed by atoms with Crippen molar-refractivity contribution < 1.29 is 23.4 Å². The number of ether oxygens (including phenoxy) is 3. The van der Waals surface area contributed by atoms with Gasteiger partial charge in [-0.3, -0.25) is 4.79 Å². The zero-order valence-electron chi connectivity index (χ0n) is 21.3. The van der Waals surface area contributed by atoms with E-state index >= 15 is 0 Å². The number of rotatable bonds is 9. The van der Waals surface area contributed by atoms with Crippen molar-refractivity contribution in [2.45, 2.75) is 27.3 Å². The van der Waals surface area contributed by atoms with Crippen LogP contribution in [-0.2, 0) is 11.3 Å². The lowest BCUT2D eigenvalue weighted by molar-refractivity contribution is -0.116. The van der Waals surface area contributed by atoms with Gasteiger partial charge in [0.1, 0.15) is 22.8 Å². The second-order valence-corrected chi connectivity index (χ2v) is 8.43. The van der Waals surface area contributed by atoms with Crippen molar-refractivity contribution in [2.75, 3.05) is 20.8 Å². The zero-order valence-corrected chi connectivity index (χ0v) is 21.3. The Kier molecular flexibility index (Phi) is 7.64. The van der Waals surface area contributed by atoms with E-state index in [0.717, 1.165) is 55.9 Å². The van der Waals surface area contributed by atoms with E-state index in [4.69, 9.17) is 18.6 Å². The Morgan fingerprint density at radius 1 is 1.03 bits per heavy atom. The molecule has 186 valence electrons. The largest absolute Gasteiger partial charge is 0.497 e. The van der Waals surface area contributed by atoms with Crippen LogP contribution in [0.4, 0.5) is 0 Å². The van der Waals surface area contributed by atoms with Gasteiger partial charge in [-0.1, -0.05) is 30.3 Å². The molecule has 0 bridgehead atoms. The second kappa shape index (κ2) is 11.0. The summed E-state index contributed by atoms with van der Waals surface area (Å²) in [4.78, 5) is 12.8. The summed E-state index contributed by atoms with van der Waals surface area (Å²) in [6.07, 6.45) is 3.35. The lowest BCUT2D eigenvalue weighted by Crippen LogP contribution is -2.20. The van der Waals surface area contributed by atoms with Gasteiger partial charge in [0.25, 0.3) is 0 Å². The number of benzene rings is 3. The van der Waals surface area contributed by atoms with Crippen molar-refractivity contribution in [2.24, 2.45) is 0 Å². The van der Waals surface area contributed by atoms with Gasteiger partial charge in [0.05, 0.1) is 27.1 Å². The summed E-state index contributed by atoms with van der Waals surface area (Å²) in [5.41, 5.74) is 6.08. The zero-order chi connectivity index (χ0) is 25.7. The van der Waals surface area contributed by atoms with Crippen LogP contribution in [0.5, 0.6) is 17.2 Å². The van der Waals surface area contributed by atoms with Crippen LogP contribution in [0.15, 0.2) is 71.4 Å². The molecule has 4 aromatic rings. The minimum absolute atomic E-state index is 0.187. The number of furan rings is 1. The first-order valence-electron chi connectivity index (χ1n) is 11.9. The lowest BCUT2D eigenvalue weighted by atomic mass is 9.96. The van der Waals surface area contributed by atoms with Gasteiger partial charge in [0.15, 0.2) is 0 Å². The third-order valence-corrected chi connectivity index (χ3v) is 6.10. The average Bonchev–Trinajstić information content (AvgIpc) is 3.33. The monoisotopic (exact) mass is 485 g/mol. The fourth-order valence-electron chi connectivity index (χ4n) is 4.31. The quantitative estimate of drug-likeness (QED) is 0.273. The maximum absolute atomic E-state index is 12.8. The molecular weight excluding hydrogens is 454 g/mol. The highest BCUT2D eigenvalue weighted by molar-refractivity contribution is 6.02. The van der Waals surface area contributed by atoms with E-state index in [1.165, 1.54) is 0 Å². The molecular formula is C30H31NO5. The molecule has 0 fully saturated rings. The summed E-state index contributed by atoms with van der Waals surface area (Å²) >= 11 is 0. The number of aryl methyl sites for hydroxylation is 1. The van der Waals surface area contributed by atoms with E-state index < -0.39 is 0 Å². The van der Waals surface area contributed by atoms with Gasteiger partial charge >= 0.3 is 0 Å². The van der Waals surface area contributed by atoms with Gasteiger partial charge in [-0.05, 0) is 56.2 Å². The van der Waals surface area contributed by atoms with Crippen LogP contribution in [-0.4, -0.2) is 26.7 Å². The molecule has 36 heavy (non-hydrogen) atoms. The molecule has 0 unspecified atom stereocenters. The van der Waals surface area contributed by atoms with E-state index in [2.05, 4.69) is 5.32 Å². The Labute approximate surface area is 211 Å². The van der Waals surface area contributed by atoms with Gasteiger partial charge in [0, 0.05) is 40.3 Å². The van der Waals surface area contributed by atoms with Crippen LogP contribution in [0.25, 0.3) is 27.7 Å². The highest BCUT2D eigenvalue weighted by Crippen LogP contribution is 2.42. The Morgan fingerprint density at radius 2 is 1.83 bits per heavy atom. The van der Waals surface area contributed by atoms with Gasteiger partial charge in [-0.25, -0.2) is 0 Å². The molecule has 4 rings (SSSR count). The van der Waals surface area contributed by atoms with Gasteiger partial charge in [-0.15, -0.1) is 0 Å². The van der Waals surface area contributed by atoms with Crippen molar-refractivity contribution in [3.05, 3.63) is 83.6 Å². The number of nitrogens with one attached hydrogen (secondary N) is 1. The number of amides is 1. The van der Waals surface area contributed by atoms with E-state index in [1.807, 2.05) is 75.4 Å². The van der Waals surface area contributed by atoms with Crippen LogP contribution < -0.4 is 19.5 Å². The van der Waals surface area contributed by atoms with Crippen LogP contribution in [0.2, 0.25) is 0 Å². The first-order chi connectivity index (χ1) is 17.5. The Bertz CT molecular complexity index is 1420. The number of allylic oxidation sites excluding steroid dienone is 1. The molecule has 0 saturated heterocycles. The normalized spacial score (nSPS) is 11.4. The van der Waals surface area contributed by atoms with Crippen molar-refractivity contribution in [3.63, 3.8) is 0 Å². The Balaban J connectivity index is 1.71. The molecule has 1 amide bonds. The van der Waals surface area contributed by atoms with Crippen LogP contribution in [0.1, 0.15) is 30.5 Å². The molecule has 0 aliphatic carbocycles. The molecule has 6 heteroatoms. The molecule has 0 aliphatic rings. The van der Waals surface area contributed by atoms with Crippen molar-refractivity contribution >= 4 is 22.4 Å². The van der Waals surface area contributed by atoms with Gasteiger partial charge < -0.3 is 23.9 Å². The number of carbonyl (C=O) groups is 1. The fraction of sp³-hybridized carbons (Fsp3) is 0.233. The topological polar surface area (TPSA) is 69.9 Å². The molecule has 1 heterocycles. The van der Waals surface area contributed by atoms with E-state index in [1.54, 1.807) is 26.6 Å². The smallest absolute Gasteiger partial charge is 0.244 e. The summed E-state index contributed by atoms with van der Waals surface area (Å²) in [6.45, 7) is 6.72. The van der Waals surface area contributed by atoms with Crippen LogP contribution in [0, 0.1) is 6.92 Å². The van der Waals surface area contributed by atoms with E-state index in [9.17, 15) is 4.79 Å². The first kappa shape index (κ1) is 24.9. The molecule has 0 aliphatic heterocycles. The highest BCUT2D eigenvalue weighted by Gasteiger charge is 2.20. The number of carbonyl (C=O) groups excluding carboxylic acids is 1. The number of methoxy groups -OCH3 is 2. The Morgan fingerprint density at radius 3 is 2.58 bits per heavy atom. The van der Waals surface area contributed by atoms with Crippen molar-refractivity contribution in [3.8, 4) is 28.4 Å². The fourth-order valence-corrected chi connectivity index (χ4v) is 4.31. The minimum atomic E-state index is -0.187. The van der Waals surface area contributed by atoms with Gasteiger partial charge in [-0.2, -0.15) is 0 Å². The molecule has 0 atom stereocenters. The molecule has 1 N–H and O–H groups in total. The van der Waals surface area contributed by atoms with Crippen LogP contribution in [0.3, 0.4) is 0 Å². The predicted octanol–water partition coefficient (Wildman–Crippen LogP) is 6.54. The maximum Gasteiger partial charge on any atom is 0.244 e. The van der Waals surface area contributed by atoms with Gasteiger partial charge in [0.2, 0.25) is 5.91 Å². The minimum Gasteiger partial charge on any atom is -0.497 e. The predicted molar refractivity (Wildman–Crippen MR) is 143 cm³/mol. The summed E-state index contributed by atoms with van der Waals surface area (Å²) in [7, 11) is 3.28. The number of fused-ring (bicyclic) bond motifs is 1. The molecule has 3 aromatic carbocycles. The summed E-state index contributed by atoms with van der Waals surface area (Å²) < 4.78 is 22.9. The Hall–Kier alpha value is -4.19. The lowest BCUT2D eigenvalue weighted by Gasteiger charge is -2.15. The van der Waals surface area contributed by atoms with Crippen molar-refractivity contribution in [1.82, 2.24) is 5.32 Å². The summed E-state index contributed by atoms with van der Waals surface area (Å²) in [6, 6.07) is 17.5. The molecule has 0 saturated carbocycles. The highest BCUT2D eigenvalue weighted by atomic mass is 16.5. The van der Waals surface area contributed by atoms with Crippen molar-refractivity contribution in [1.29, 1.82) is 0 Å². The summed E-state index contributed by atoms with van der Waals surface area (Å²) in [5.74, 6) is 2.04. The van der Waals surface area contributed by atoms with E-state index in [-0.39, 0.29) is 5.91 Å². The second-order valence-electron chi connectivity index (χ2n) is 8.43. The standard InChI is InChI=1S/C30H31NO5/c1-6-35-29-20(3)30-25(26(18-36-30)23-12-7-8-13-27(23)34-5)16-24(29)19(2)14-28(32)31-17-21-10-9-11-22(15-21)33-4/h7-16,18H,6,17H2,1-5H3,(H,31,32)/b19-14+. The maximum atomic E-state index is 12.8. The number of para-hydroxylation sites is 1. The first-order valence-corrected chi connectivity index (χ1v) is 11.9. The third-order valence-electron chi connectivity index (χ3n) is 6.10. The molecule has 0 spiro atoms. The molecule has 6 nitrogen and oxygen atoms in total. The average molecular weight is 486 g/mol. The van der Waals surface area contributed by atoms with E-state index in [0.29, 0.717) is 18.9 Å². The third kappa shape index (κ3) is 5.08. The molecule has 0 radical (unpaired) electrons. The number of hydrogen-bond donors (Lipinski definition) is 1. The van der Waals surface area contributed by atoms with Crippen LogP contribution >= 0.6 is 0 Å².